The molecule has 6 unspecified atom stereocenters. The summed E-state index contributed by atoms with van der Waals surface area (Å²) in [7, 11) is 0. The van der Waals surface area contributed by atoms with Crippen LogP contribution in [0.3, 0.4) is 0 Å². The molecule has 6 atom stereocenters. The van der Waals surface area contributed by atoms with Crippen molar-refractivity contribution in [3.05, 3.63) is 0 Å². The third kappa shape index (κ3) is 2.71. The molecule has 0 aromatic heterocycles. The zero-order chi connectivity index (χ0) is 14.2. The summed E-state index contributed by atoms with van der Waals surface area (Å²) in [5, 5.41) is 0. The van der Waals surface area contributed by atoms with Gasteiger partial charge in [0.2, 0.25) is 0 Å². The summed E-state index contributed by atoms with van der Waals surface area (Å²) in [6.45, 7) is 14.2. The van der Waals surface area contributed by atoms with Crippen molar-refractivity contribution in [2.24, 2.45) is 29.4 Å². The van der Waals surface area contributed by atoms with E-state index in [2.05, 4.69) is 39.5 Å². The minimum absolute atomic E-state index is 0.264. The van der Waals surface area contributed by atoms with Gasteiger partial charge in [0.15, 0.2) is 0 Å². The molecule has 1 aliphatic heterocycles. The molecule has 0 aromatic rings. The van der Waals surface area contributed by atoms with Gasteiger partial charge in [-0.15, -0.1) is 0 Å². The van der Waals surface area contributed by atoms with Crippen molar-refractivity contribution in [1.29, 1.82) is 0 Å². The summed E-state index contributed by atoms with van der Waals surface area (Å²) in [6, 6.07) is 0.687. The van der Waals surface area contributed by atoms with Crippen LogP contribution in [0.5, 0.6) is 0 Å². The van der Waals surface area contributed by atoms with Gasteiger partial charge in [-0.1, -0.05) is 34.1 Å². The number of hydrogen-bond acceptors (Lipinski definition) is 2. The van der Waals surface area contributed by atoms with Crippen molar-refractivity contribution in [3.63, 3.8) is 0 Å². The number of hydrogen-bond donors (Lipinski definition) is 1. The highest BCUT2D eigenvalue weighted by atomic mass is 15.3. The Morgan fingerprint density at radius 2 is 1.74 bits per heavy atom. The summed E-state index contributed by atoms with van der Waals surface area (Å²) in [5.74, 6) is 3.20. The number of nitrogens with two attached hydrogens (primary N) is 1. The molecule has 0 bridgehead atoms. The molecule has 2 fully saturated rings. The zero-order valence-corrected chi connectivity index (χ0v) is 13.7. The molecule has 1 heterocycles. The molecular weight excluding hydrogens is 232 g/mol. The smallest absolute Gasteiger partial charge is 0.0362 e. The van der Waals surface area contributed by atoms with Crippen LogP contribution in [-0.4, -0.2) is 29.6 Å². The summed E-state index contributed by atoms with van der Waals surface area (Å²) < 4.78 is 0. The van der Waals surface area contributed by atoms with Crippen molar-refractivity contribution in [1.82, 2.24) is 4.90 Å². The van der Waals surface area contributed by atoms with Crippen LogP contribution < -0.4 is 5.73 Å². The predicted molar refractivity (Wildman–Crippen MR) is 83.1 cm³/mol. The van der Waals surface area contributed by atoms with Crippen molar-refractivity contribution in [2.75, 3.05) is 13.1 Å². The second-order valence-corrected chi connectivity index (χ2v) is 7.81. The molecule has 19 heavy (non-hydrogen) atoms. The van der Waals surface area contributed by atoms with Gasteiger partial charge in [0.05, 0.1) is 0 Å². The Labute approximate surface area is 120 Å². The van der Waals surface area contributed by atoms with Crippen LogP contribution >= 0.6 is 0 Å². The topological polar surface area (TPSA) is 29.3 Å². The summed E-state index contributed by atoms with van der Waals surface area (Å²) in [5.41, 5.74) is 6.60. The lowest BCUT2D eigenvalue weighted by atomic mass is 9.66. The van der Waals surface area contributed by atoms with E-state index in [9.17, 15) is 0 Å². The van der Waals surface area contributed by atoms with Crippen LogP contribution in [0.15, 0.2) is 0 Å². The SMILES string of the molecule is CC1CC(C)C(C)N(C2(CN)CC(C)CCC2C)C1. The number of rotatable bonds is 2. The standard InChI is InChI=1S/C17H34N2/c1-12-6-7-15(4)17(9-12,11-18)19-10-13(2)8-14(3)16(19)5/h12-16H,6-11,18H2,1-5H3. The van der Waals surface area contributed by atoms with Crippen LogP contribution in [0.1, 0.15) is 60.3 Å². The molecule has 0 radical (unpaired) electrons. The largest absolute Gasteiger partial charge is 0.329 e. The zero-order valence-electron chi connectivity index (χ0n) is 13.7. The van der Waals surface area contributed by atoms with Gasteiger partial charge in [-0.05, 0) is 49.9 Å². The Bertz CT molecular complexity index is 304. The molecule has 1 saturated heterocycles. The van der Waals surface area contributed by atoms with Gasteiger partial charge < -0.3 is 5.73 Å². The van der Waals surface area contributed by atoms with E-state index in [4.69, 9.17) is 5.73 Å². The minimum atomic E-state index is 0.264. The molecular formula is C17H34N2. The first-order chi connectivity index (χ1) is 8.90. The van der Waals surface area contributed by atoms with E-state index in [0.717, 1.165) is 30.2 Å². The van der Waals surface area contributed by atoms with Crippen LogP contribution in [0.25, 0.3) is 0 Å². The van der Waals surface area contributed by atoms with Crippen molar-refractivity contribution < 1.29 is 0 Å². The van der Waals surface area contributed by atoms with Crippen LogP contribution in [-0.2, 0) is 0 Å². The molecule has 2 rings (SSSR count). The van der Waals surface area contributed by atoms with Crippen molar-refractivity contribution >= 4 is 0 Å². The van der Waals surface area contributed by atoms with Gasteiger partial charge in [-0.25, -0.2) is 0 Å². The highest BCUT2D eigenvalue weighted by molar-refractivity contribution is 5.03. The van der Waals surface area contributed by atoms with Crippen molar-refractivity contribution in [2.45, 2.75) is 71.9 Å². The fourth-order valence-corrected chi connectivity index (χ4v) is 4.81. The van der Waals surface area contributed by atoms with Gasteiger partial charge >= 0.3 is 0 Å². The van der Waals surface area contributed by atoms with Crippen LogP contribution in [0.4, 0.5) is 0 Å². The van der Waals surface area contributed by atoms with E-state index in [-0.39, 0.29) is 5.54 Å². The summed E-state index contributed by atoms with van der Waals surface area (Å²) >= 11 is 0. The molecule has 0 aromatic carbocycles. The summed E-state index contributed by atoms with van der Waals surface area (Å²) in [4.78, 5) is 2.81. The van der Waals surface area contributed by atoms with E-state index in [1.54, 1.807) is 0 Å². The second-order valence-electron chi connectivity index (χ2n) is 7.81. The Morgan fingerprint density at radius 1 is 1.05 bits per heavy atom. The van der Waals surface area contributed by atoms with Gasteiger partial charge in [0.25, 0.3) is 0 Å². The molecule has 2 aliphatic rings. The molecule has 2 nitrogen and oxygen atoms in total. The average molecular weight is 266 g/mol. The predicted octanol–water partition coefficient (Wildman–Crippen LogP) is 3.51. The molecule has 1 saturated carbocycles. The Hall–Kier alpha value is -0.0800. The highest BCUT2D eigenvalue weighted by Gasteiger charge is 2.48. The quantitative estimate of drug-likeness (QED) is 0.829. The first-order valence-corrected chi connectivity index (χ1v) is 8.37. The minimum Gasteiger partial charge on any atom is -0.329 e. The van der Waals surface area contributed by atoms with E-state index in [0.29, 0.717) is 6.04 Å². The van der Waals surface area contributed by atoms with Gasteiger partial charge in [0.1, 0.15) is 0 Å². The molecule has 0 amide bonds. The fraction of sp³-hybridized carbons (Fsp3) is 1.00. The first kappa shape index (κ1) is 15.3. The van der Waals surface area contributed by atoms with E-state index >= 15 is 0 Å². The Kier molecular flexibility index (Phi) is 4.62. The fourth-order valence-electron chi connectivity index (χ4n) is 4.81. The van der Waals surface area contributed by atoms with Gasteiger partial charge in [-0.3, -0.25) is 4.90 Å². The van der Waals surface area contributed by atoms with Crippen molar-refractivity contribution in [3.8, 4) is 0 Å². The number of likely N-dealkylation sites (tertiary alicyclic amines) is 1. The average Bonchev–Trinajstić information content (AvgIpc) is 2.37. The maximum Gasteiger partial charge on any atom is 0.0362 e. The molecule has 1 aliphatic carbocycles. The monoisotopic (exact) mass is 266 g/mol. The maximum atomic E-state index is 6.33. The Balaban J connectivity index is 2.27. The van der Waals surface area contributed by atoms with E-state index < -0.39 is 0 Å². The van der Waals surface area contributed by atoms with Crippen LogP contribution in [0, 0.1) is 23.7 Å². The lowest BCUT2D eigenvalue weighted by Gasteiger charge is -2.57. The highest BCUT2D eigenvalue weighted by Crippen LogP contribution is 2.44. The van der Waals surface area contributed by atoms with E-state index in [1.165, 1.54) is 32.2 Å². The van der Waals surface area contributed by atoms with Gasteiger partial charge in [0, 0.05) is 24.7 Å². The molecule has 2 N–H and O–H groups in total. The lowest BCUT2D eigenvalue weighted by Crippen LogP contribution is -2.66. The maximum absolute atomic E-state index is 6.33. The second kappa shape index (κ2) is 5.73. The molecule has 2 heteroatoms. The lowest BCUT2D eigenvalue weighted by molar-refractivity contribution is -0.0711. The third-order valence-corrected chi connectivity index (χ3v) is 6.23. The van der Waals surface area contributed by atoms with Gasteiger partial charge in [-0.2, -0.15) is 0 Å². The summed E-state index contributed by atoms with van der Waals surface area (Å²) in [6.07, 6.45) is 5.41. The molecule has 0 spiro atoms. The Morgan fingerprint density at radius 3 is 2.37 bits per heavy atom. The van der Waals surface area contributed by atoms with E-state index in [1.807, 2.05) is 0 Å². The first-order valence-electron chi connectivity index (χ1n) is 8.37. The number of nitrogens with zero attached hydrogens (tertiary/aromatic N) is 1. The number of piperidine rings is 1. The molecule has 112 valence electrons. The third-order valence-electron chi connectivity index (χ3n) is 6.23. The van der Waals surface area contributed by atoms with Crippen LogP contribution in [0.2, 0.25) is 0 Å². The normalized spacial score (nSPS) is 49.3.